The molecule has 1 aliphatic rings. The third-order valence-electron chi connectivity index (χ3n) is 4.70. The van der Waals surface area contributed by atoms with Gasteiger partial charge in [0, 0.05) is 32.2 Å². The highest BCUT2D eigenvalue weighted by Gasteiger charge is 2.24. The summed E-state index contributed by atoms with van der Waals surface area (Å²) in [5, 5.41) is 5.72. The lowest BCUT2D eigenvalue weighted by atomic mass is 10.1. The molecule has 1 aliphatic heterocycles. The smallest absolute Gasteiger partial charge is 0.274 e. The van der Waals surface area contributed by atoms with Crippen molar-refractivity contribution in [2.45, 2.75) is 18.9 Å². The third-order valence-corrected chi connectivity index (χ3v) is 5.35. The first-order valence-corrected chi connectivity index (χ1v) is 10.3. The first-order chi connectivity index (χ1) is 13.4. The van der Waals surface area contributed by atoms with E-state index in [9.17, 15) is 18.4 Å². The van der Waals surface area contributed by atoms with Crippen molar-refractivity contribution >= 4 is 46.0 Å². The molecule has 28 heavy (non-hydrogen) atoms. The molecule has 0 atom stereocenters. The number of anilines is 2. The van der Waals surface area contributed by atoms with Gasteiger partial charge in [-0.2, -0.15) is 0 Å². The number of rotatable bonds is 5. The Morgan fingerprint density at radius 2 is 2.00 bits per heavy atom. The van der Waals surface area contributed by atoms with Crippen molar-refractivity contribution in [2.24, 2.45) is 7.05 Å². The van der Waals surface area contributed by atoms with Gasteiger partial charge in [-0.05, 0) is 25.0 Å². The van der Waals surface area contributed by atoms with Gasteiger partial charge in [-0.25, -0.2) is 13.8 Å². The van der Waals surface area contributed by atoms with Gasteiger partial charge in [-0.1, -0.05) is 22.6 Å². The molecule has 0 unspecified atom stereocenters. The van der Waals surface area contributed by atoms with Gasteiger partial charge in [-0.15, -0.1) is 0 Å². The van der Waals surface area contributed by atoms with Crippen LogP contribution in [0, 0.1) is 11.6 Å². The number of hydrogen-bond acceptors (Lipinski definition) is 4. The predicted octanol–water partition coefficient (Wildman–Crippen LogP) is 2.79. The number of nitrogens with zero attached hydrogens (tertiary/aromatic N) is 3. The summed E-state index contributed by atoms with van der Waals surface area (Å²) < 4.78 is 28.8. The molecule has 2 aromatic rings. The number of carbonyl (C=O) groups is 2. The Hall–Kier alpha value is -2.24. The largest absolute Gasteiger partial charge is 0.353 e. The van der Waals surface area contributed by atoms with Gasteiger partial charge < -0.3 is 20.1 Å². The van der Waals surface area contributed by atoms with E-state index in [1.807, 2.05) is 4.90 Å². The lowest BCUT2D eigenvalue weighted by molar-refractivity contribution is -0.129. The van der Waals surface area contributed by atoms with Gasteiger partial charge in [0.2, 0.25) is 11.9 Å². The Labute approximate surface area is 174 Å². The van der Waals surface area contributed by atoms with Crippen molar-refractivity contribution in [1.29, 1.82) is 0 Å². The second-order valence-electron chi connectivity index (χ2n) is 6.54. The summed E-state index contributed by atoms with van der Waals surface area (Å²) in [6.45, 7) is 1.36. The van der Waals surface area contributed by atoms with Crippen molar-refractivity contribution in [3.63, 3.8) is 0 Å². The molecule has 0 saturated carbocycles. The highest BCUT2D eigenvalue weighted by atomic mass is 127. The summed E-state index contributed by atoms with van der Waals surface area (Å²) >= 11 is 2.06. The zero-order valence-electron chi connectivity index (χ0n) is 15.2. The van der Waals surface area contributed by atoms with Crippen LogP contribution in [-0.4, -0.2) is 49.8 Å². The van der Waals surface area contributed by atoms with Gasteiger partial charge in [0.25, 0.3) is 5.91 Å². The first kappa shape index (κ1) is 20.5. The zero-order valence-corrected chi connectivity index (χ0v) is 17.4. The highest BCUT2D eigenvalue weighted by Crippen LogP contribution is 2.19. The number of carbonyl (C=O) groups excluding carboxylic acids is 2. The summed E-state index contributed by atoms with van der Waals surface area (Å²) in [6.07, 6.45) is 2.98. The number of likely N-dealkylation sites (tertiary alicyclic amines) is 1. The summed E-state index contributed by atoms with van der Waals surface area (Å²) in [7, 11) is 1.68. The van der Waals surface area contributed by atoms with Crippen LogP contribution in [0.1, 0.15) is 23.3 Å². The fourth-order valence-corrected chi connectivity index (χ4v) is 3.55. The fourth-order valence-electron chi connectivity index (χ4n) is 3.07. The van der Waals surface area contributed by atoms with E-state index in [1.54, 1.807) is 11.6 Å². The van der Waals surface area contributed by atoms with E-state index in [0.717, 1.165) is 18.9 Å². The second-order valence-corrected chi connectivity index (χ2v) is 7.30. The third kappa shape index (κ3) is 4.59. The molecular formula is C18H20F2IN5O2. The summed E-state index contributed by atoms with van der Waals surface area (Å²) in [5.74, 6) is -1.45. The molecule has 0 radical (unpaired) electrons. The summed E-state index contributed by atoms with van der Waals surface area (Å²) in [4.78, 5) is 30.3. The lowest BCUT2D eigenvalue weighted by Crippen LogP contribution is -2.43. The monoisotopic (exact) mass is 503 g/mol. The zero-order chi connectivity index (χ0) is 20.3. The molecule has 3 rings (SSSR count). The van der Waals surface area contributed by atoms with E-state index >= 15 is 0 Å². The minimum atomic E-state index is -0.846. The van der Waals surface area contributed by atoms with Gasteiger partial charge in [0.05, 0.1) is 16.3 Å². The molecule has 0 bridgehead atoms. The Balaban J connectivity index is 1.62. The van der Waals surface area contributed by atoms with E-state index in [1.165, 1.54) is 12.3 Å². The van der Waals surface area contributed by atoms with Crippen LogP contribution in [0.2, 0.25) is 0 Å². The quantitative estimate of drug-likeness (QED) is 0.486. The van der Waals surface area contributed by atoms with Gasteiger partial charge in [0.15, 0.2) is 0 Å². The molecule has 10 heteroatoms. The van der Waals surface area contributed by atoms with Crippen LogP contribution >= 0.6 is 22.6 Å². The van der Waals surface area contributed by atoms with Gasteiger partial charge in [-0.3, -0.25) is 9.59 Å². The average molecular weight is 503 g/mol. The number of aromatic nitrogens is 2. The summed E-state index contributed by atoms with van der Waals surface area (Å²) in [6, 6.07) is 3.10. The van der Waals surface area contributed by atoms with Crippen molar-refractivity contribution in [1.82, 2.24) is 14.5 Å². The minimum Gasteiger partial charge on any atom is -0.353 e. The number of benzene rings is 1. The van der Waals surface area contributed by atoms with Gasteiger partial charge in [0.1, 0.15) is 17.3 Å². The molecule has 0 aliphatic carbocycles. The maximum atomic E-state index is 13.7. The average Bonchev–Trinajstić information content (AvgIpc) is 3.04. The molecule has 1 fully saturated rings. The highest BCUT2D eigenvalue weighted by molar-refractivity contribution is 14.1. The van der Waals surface area contributed by atoms with Crippen LogP contribution in [0.3, 0.4) is 0 Å². The number of imidazole rings is 1. The predicted molar refractivity (Wildman–Crippen MR) is 110 cm³/mol. The number of nitrogens with one attached hydrogen (secondary N) is 2. The van der Waals surface area contributed by atoms with Crippen LogP contribution in [0.4, 0.5) is 20.4 Å². The maximum Gasteiger partial charge on any atom is 0.274 e. The number of alkyl halides is 1. The number of amides is 2. The second kappa shape index (κ2) is 8.84. The fraction of sp³-hybridized carbons (Fsp3) is 0.389. The first-order valence-electron chi connectivity index (χ1n) is 8.77. The van der Waals surface area contributed by atoms with Crippen LogP contribution < -0.4 is 10.6 Å². The Morgan fingerprint density at radius 3 is 2.64 bits per heavy atom. The Kier molecular flexibility index (Phi) is 6.47. The molecule has 1 aromatic carbocycles. The van der Waals surface area contributed by atoms with E-state index in [4.69, 9.17) is 0 Å². The minimum absolute atomic E-state index is 0.102. The van der Waals surface area contributed by atoms with Crippen molar-refractivity contribution in [3.8, 4) is 0 Å². The summed E-state index contributed by atoms with van der Waals surface area (Å²) in [5.41, 5.74) is 0.137. The van der Waals surface area contributed by atoms with Crippen LogP contribution in [0.5, 0.6) is 0 Å². The standard InChI is InChI=1S/C18H20F2IN5O2/c1-25-15(17(28)24-14-3-2-11(19)8-13(14)20)10-22-18(25)23-12-4-6-26(7-5-12)16(27)9-21/h2-3,8,10,12H,4-7,9H2,1H3,(H,22,23)(H,24,28). The normalized spacial score (nSPS) is 14.8. The molecule has 2 N–H and O–H groups in total. The molecule has 0 spiro atoms. The molecule has 7 nitrogen and oxygen atoms in total. The molecule has 1 saturated heterocycles. The van der Waals surface area contributed by atoms with Gasteiger partial charge >= 0.3 is 0 Å². The van der Waals surface area contributed by atoms with E-state index in [2.05, 4.69) is 38.2 Å². The maximum absolute atomic E-state index is 13.7. The van der Waals surface area contributed by atoms with Crippen LogP contribution in [0.25, 0.3) is 0 Å². The SMILES string of the molecule is Cn1c(C(=O)Nc2ccc(F)cc2F)cnc1NC1CCN(C(=O)CI)CC1. The number of halogens is 3. The van der Waals surface area contributed by atoms with E-state index in [-0.39, 0.29) is 23.3 Å². The van der Waals surface area contributed by atoms with E-state index < -0.39 is 17.5 Å². The topological polar surface area (TPSA) is 79.3 Å². The lowest BCUT2D eigenvalue weighted by Gasteiger charge is -2.32. The van der Waals surface area contributed by atoms with Crippen molar-refractivity contribution in [2.75, 3.05) is 28.2 Å². The molecule has 2 heterocycles. The van der Waals surface area contributed by atoms with E-state index in [0.29, 0.717) is 29.5 Å². The Bertz CT molecular complexity index is 881. The Morgan fingerprint density at radius 1 is 1.29 bits per heavy atom. The van der Waals surface area contributed by atoms with Crippen molar-refractivity contribution < 1.29 is 18.4 Å². The molecule has 150 valence electrons. The van der Waals surface area contributed by atoms with Crippen LogP contribution in [-0.2, 0) is 11.8 Å². The molecular weight excluding hydrogens is 483 g/mol. The molecule has 2 amide bonds. The number of piperidine rings is 1. The molecule has 1 aromatic heterocycles. The van der Waals surface area contributed by atoms with Crippen LogP contribution in [0.15, 0.2) is 24.4 Å². The number of hydrogen-bond donors (Lipinski definition) is 2. The van der Waals surface area contributed by atoms with Crippen molar-refractivity contribution in [3.05, 3.63) is 41.7 Å².